The zero-order valence-corrected chi connectivity index (χ0v) is 35.9. The lowest BCUT2D eigenvalue weighted by Gasteiger charge is -2.15. The van der Waals surface area contributed by atoms with Gasteiger partial charge in [0, 0.05) is 128 Å². The molecule has 4 aromatic carbocycles. The number of aromatic nitrogens is 4. The van der Waals surface area contributed by atoms with Crippen LogP contribution in [0.4, 0.5) is 0 Å². The Kier molecular flexibility index (Phi) is 9.56. The van der Waals surface area contributed by atoms with Gasteiger partial charge in [-0.2, -0.15) is 9.13 Å². The number of nitrogens with one attached hydrogen (secondary N) is 3. The van der Waals surface area contributed by atoms with Crippen LogP contribution in [0.3, 0.4) is 0 Å². The molecule has 2 aliphatic rings. The second kappa shape index (κ2) is 15.0. The van der Waals surface area contributed by atoms with E-state index in [2.05, 4.69) is 174 Å². The van der Waals surface area contributed by atoms with Gasteiger partial charge in [0.15, 0.2) is 29.6 Å². The normalized spacial score (nSPS) is 14.2. The Labute approximate surface area is 358 Å². The molecule has 8 aromatic rings. The van der Waals surface area contributed by atoms with E-state index in [1.807, 2.05) is 12.1 Å². The van der Waals surface area contributed by atoms with Gasteiger partial charge in [-0.1, -0.05) is 58.0 Å². The summed E-state index contributed by atoms with van der Waals surface area (Å²) in [7, 11) is 3.50. The predicted molar refractivity (Wildman–Crippen MR) is 246 cm³/mol. The smallest absolute Gasteiger partial charge is 0.251 e. The number of carbonyl (C=O) groups excluding carboxylic acids is 2. The first-order valence-electron chi connectivity index (χ1n) is 20.7. The average molecular weight is 826 g/mol. The van der Waals surface area contributed by atoms with Gasteiger partial charge in [0.25, 0.3) is 5.91 Å². The minimum absolute atomic E-state index is 0.0565. The predicted octanol–water partition coefficient (Wildman–Crippen LogP) is 10.6. The van der Waals surface area contributed by atoms with Crippen LogP contribution in [0.5, 0.6) is 0 Å². The van der Waals surface area contributed by atoms with Crippen LogP contribution in [0.2, 0.25) is 0 Å². The third-order valence-corrected chi connectivity index (χ3v) is 15.1. The van der Waals surface area contributed by atoms with Gasteiger partial charge in [0.1, 0.15) is 0 Å². The second-order valence-corrected chi connectivity index (χ2v) is 19.7. The molecule has 0 bridgehead atoms. The van der Waals surface area contributed by atoms with Crippen molar-refractivity contribution in [3.05, 3.63) is 168 Å². The highest BCUT2D eigenvalue weighted by atomic mass is 33.1. The minimum atomic E-state index is -0.270. The van der Waals surface area contributed by atoms with E-state index in [1.54, 1.807) is 21.6 Å². The molecule has 0 saturated heterocycles. The highest BCUT2D eigenvalue weighted by Crippen LogP contribution is 2.42. The highest BCUT2D eigenvalue weighted by Gasteiger charge is 2.45. The van der Waals surface area contributed by atoms with Crippen molar-refractivity contribution >= 4 is 55.1 Å². The van der Waals surface area contributed by atoms with Gasteiger partial charge in [-0.15, -0.1) is 0 Å². The number of para-hydroxylation sites is 2. The first-order chi connectivity index (χ1) is 29.1. The van der Waals surface area contributed by atoms with E-state index in [1.165, 1.54) is 50.0 Å². The summed E-state index contributed by atoms with van der Waals surface area (Å²) in [6.07, 6.45) is 9.81. The van der Waals surface area contributed by atoms with Gasteiger partial charge in [-0.25, -0.2) is 0 Å². The molecule has 60 heavy (non-hydrogen) atoms. The topological polar surface area (TPSA) is 85.5 Å². The lowest BCUT2D eigenvalue weighted by Crippen LogP contribution is -2.34. The number of aromatic amines is 2. The van der Waals surface area contributed by atoms with Gasteiger partial charge in [-0.3, -0.25) is 9.59 Å². The van der Waals surface area contributed by atoms with Crippen LogP contribution in [-0.4, -0.2) is 39.7 Å². The lowest BCUT2D eigenvalue weighted by atomic mass is 9.81. The number of benzene rings is 4. The molecular weight excluding hydrogens is 779 g/mol. The maximum atomic E-state index is 13.4. The Bertz CT molecular complexity index is 2810. The number of hydrogen-bond donors (Lipinski definition) is 3. The summed E-state index contributed by atoms with van der Waals surface area (Å²) in [5.74, 6) is 1.79. The molecule has 0 unspecified atom stereocenters. The molecule has 0 saturated carbocycles. The Balaban J connectivity index is 0.701. The van der Waals surface area contributed by atoms with Crippen molar-refractivity contribution in [1.82, 2.24) is 15.3 Å². The summed E-state index contributed by atoms with van der Waals surface area (Å²) in [4.78, 5) is 33.5. The number of carbonyl (C=O) groups is 2. The Hall–Kier alpha value is -5.90. The molecule has 4 aromatic heterocycles. The summed E-state index contributed by atoms with van der Waals surface area (Å²) >= 11 is 0. The molecule has 10 rings (SSSR count). The molecule has 0 radical (unpaired) electrons. The Morgan fingerprint density at radius 2 is 1.13 bits per heavy atom. The van der Waals surface area contributed by atoms with E-state index in [0.29, 0.717) is 18.5 Å². The molecule has 9 heteroatoms. The number of Topliss-reactive ketones (excluding diaryl/α,β-unsaturated/α-hetero) is 1. The molecule has 1 amide bonds. The number of ketones is 1. The molecule has 2 aliphatic heterocycles. The number of rotatable bonds is 12. The van der Waals surface area contributed by atoms with Gasteiger partial charge in [-0.05, 0) is 81.6 Å². The first kappa shape index (κ1) is 38.3. The first-order valence-corrected chi connectivity index (χ1v) is 23.2. The van der Waals surface area contributed by atoms with Gasteiger partial charge in [0.05, 0.1) is 10.8 Å². The van der Waals surface area contributed by atoms with Crippen LogP contribution in [0.15, 0.2) is 134 Å². The summed E-state index contributed by atoms with van der Waals surface area (Å²) in [5.41, 5.74) is 14.9. The van der Waals surface area contributed by atoms with Crippen molar-refractivity contribution in [3.63, 3.8) is 0 Å². The number of hydrogen-bond acceptors (Lipinski definition) is 4. The third-order valence-electron chi connectivity index (χ3n) is 12.6. The summed E-state index contributed by atoms with van der Waals surface area (Å²) < 4.78 is 4.52. The minimum Gasteiger partial charge on any atom is -0.361 e. The van der Waals surface area contributed by atoms with Gasteiger partial charge >= 0.3 is 0 Å². The van der Waals surface area contributed by atoms with Crippen LogP contribution >= 0.6 is 21.6 Å². The zero-order chi connectivity index (χ0) is 41.2. The summed E-state index contributed by atoms with van der Waals surface area (Å²) in [5, 5.41) is 5.55. The Morgan fingerprint density at radius 1 is 0.617 bits per heavy atom. The van der Waals surface area contributed by atoms with E-state index in [4.69, 9.17) is 0 Å². The Morgan fingerprint density at radius 3 is 1.72 bits per heavy atom. The number of H-pyrrole nitrogens is 2. The molecule has 0 aliphatic carbocycles. The largest absolute Gasteiger partial charge is 0.361 e. The molecule has 0 fully saturated rings. The van der Waals surface area contributed by atoms with Crippen molar-refractivity contribution in [3.8, 4) is 33.6 Å². The van der Waals surface area contributed by atoms with Crippen LogP contribution in [0, 0.1) is 0 Å². The average Bonchev–Trinajstić information content (AvgIpc) is 4.01. The summed E-state index contributed by atoms with van der Waals surface area (Å²) in [6, 6.07) is 38.0. The number of fused-ring (bicyclic) bond motifs is 8. The van der Waals surface area contributed by atoms with E-state index >= 15 is 0 Å². The van der Waals surface area contributed by atoms with Crippen LogP contribution in [0.25, 0.3) is 55.4 Å². The molecular formula is C51H47N5O2S2+2. The fourth-order valence-electron chi connectivity index (χ4n) is 9.29. The van der Waals surface area contributed by atoms with Crippen molar-refractivity contribution in [2.24, 2.45) is 0 Å². The monoisotopic (exact) mass is 825 g/mol. The van der Waals surface area contributed by atoms with Gasteiger partial charge in [0.2, 0.25) is 11.4 Å². The maximum Gasteiger partial charge on any atom is 0.251 e. The fraction of sp³-hybridized carbons (Fsp3) is 0.216. The van der Waals surface area contributed by atoms with Crippen molar-refractivity contribution < 1.29 is 18.7 Å². The quantitative estimate of drug-likeness (QED) is 0.0496. The van der Waals surface area contributed by atoms with Crippen molar-refractivity contribution in [2.75, 3.05) is 18.1 Å². The molecule has 6 heterocycles. The molecule has 298 valence electrons. The number of nitrogens with zero attached hydrogens (tertiary/aromatic N) is 2. The standard InChI is InChI=1S/C51H45N5O2S2/c1-50(2)40-26-34(15-17-44(40)55-22-19-32(28-47(50)55)38-30-53-42-12-7-5-10-36(38)42)46(57)14-9-24-59-60-25-21-52-49(58)35-16-18-45-41(27-35)51(3,4)48-29-33(20-23-56(45)48)39-31-54-43-13-8-6-11-37(39)43/h5-8,10-13,15-20,22-23,26-31H,9,14,21,24-25H2,1-4H3,(H,52,58)/p+2. The summed E-state index contributed by atoms with van der Waals surface area (Å²) in [6.45, 7) is 9.55. The lowest BCUT2D eigenvalue weighted by molar-refractivity contribution is -0.600. The third kappa shape index (κ3) is 6.46. The highest BCUT2D eigenvalue weighted by molar-refractivity contribution is 8.76. The van der Waals surface area contributed by atoms with E-state index < -0.39 is 0 Å². The molecule has 0 spiro atoms. The van der Waals surface area contributed by atoms with E-state index in [9.17, 15) is 9.59 Å². The zero-order valence-electron chi connectivity index (χ0n) is 34.3. The molecule has 0 atom stereocenters. The molecule has 7 nitrogen and oxygen atoms in total. The number of pyridine rings is 2. The van der Waals surface area contributed by atoms with Crippen molar-refractivity contribution in [1.29, 1.82) is 0 Å². The fourth-order valence-corrected chi connectivity index (χ4v) is 11.3. The molecule has 3 N–H and O–H groups in total. The van der Waals surface area contributed by atoms with Crippen molar-refractivity contribution in [2.45, 2.75) is 51.4 Å². The SMILES string of the molecule is CC1(C)c2cc(C(=O)CCCSSCCNC(=O)c3ccc4c(c3)C(C)(C)c3cc(-c5c[nH]c6ccccc56)cc[n+]3-4)ccc2-[n+]2ccc(-c3c[nH]c4ccccc34)cc21. The van der Waals surface area contributed by atoms with Crippen LogP contribution in [0.1, 0.15) is 83.8 Å². The van der Waals surface area contributed by atoms with E-state index in [0.717, 1.165) is 51.5 Å². The van der Waals surface area contributed by atoms with Crippen LogP contribution in [-0.2, 0) is 10.8 Å². The number of amides is 1. The van der Waals surface area contributed by atoms with E-state index in [-0.39, 0.29) is 22.5 Å². The second-order valence-electron chi connectivity index (χ2n) is 17.0. The maximum absolute atomic E-state index is 13.4. The van der Waals surface area contributed by atoms with Crippen LogP contribution < -0.4 is 14.5 Å². The van der Waals surface area contributed by atoms with Gasteiger partial charge < -0.3 is 15.3 Å².